The van der Waals surface area contributed by atoms with Crippen LogP contribution in [0, 0.1) is 0 Å². The lowest BCUT2D eigenvalue weighted by Crippen LogP contribution is -1.98. The van der Waals surface area contributed by atoms with Crippen LogP contribution in [0.5, 0.6) is 0 Å². The fraction of sp³-hybridized carbons (Fsp3) is 0.571. The van der Waals surface area contributed by atoms with Crippen LogP contribution in [0.1, 0.15) is 57.1 Å². The monoisotopic (exact) mass is 318 g/mol. The minimum atomic E-state index is -0.443. The maximum absolute atomic E-state index is 10.1. The second-order valence-electron chi connectivity index (χ2n) is 4.38. The van der Waals surface area contributed by atoms with Crippen LogP contribution in [-0.2, 0) is 0 Å². The van der Waals surface area contributed by atoms with Gasteiger partial charge in [0.05, 0.1) is 6.10 Å². The van der Waals surface area contributed by atoms with Gasteiger partial charge >= 0.3 is 0 Å². The van der Waals surface area contributed by atoms with Crippen LogP contribution < -0.4 is 0 Å². The van der Waals surface area contributed by atoms with Crippen LogP contribution in [0.15, 0.2) is 22.7 Å². The number of aliphatic hydroxyl groups is 1. The van der Waals surface area contributed by atoms with E-state index in [2.05, 4.69) is 22.9 Å². The molecular formula is C14H20BrClO. The molecule has 0 aromatic heterocycles. The predicted octanol–water partition coefficient (Wildman–Crippen LogP) is 5.50. The highest BCUT2D eigenvalue weighted by atomic mass is 79.9. The number of hydrogen-bond donors (Lipinski definition) is 1. The quantitative estimate of drug-likeness (QED) is 0.658. The van der Waals surface area contributed by atoms with E-state index in [-0.39, 0.29) is 0 Å². The van der Waals surface area contributed by atoms with Crippen molar-refractivity contribution in [2.75, 3.05) is 0 Å². The number of hydrogen-bond acceptors (Lipinski definition) is 1. The first-order chi connectivity index (χ1) is 8.15. The summed E-state index contributed by atoms with van der Waals surface area (Å²) < 4.78 is 0.960. The number of aliphatic hydroxyl groups excluding tert-OH is 1. The summed E-state index contributed by atoms with van der Waals surface area (Å²) in [6.45, 7) is 2.20. The van der Waals surface area contributed by atoms with Crippen molar-refractivity contribution in [3.05, 3.63) is 33.3 Å². The molecule has 0 saturated heterocycles. The standard InChI is InChI=1S/C14H20BrClO/c1-2-3-4-5-6-7-14(17)12-10-11(15)8-9-13(12)16/h8-10,14,17H,2-7H2,1H3. The van der Waals surface area contributed by atoms with Crippen LogP contribution >= 0.6 is 27.5 Å². The van der Waals surface area contributed by atoms with Gasteiger partial charge in [-0.3, -0.25) is 0 Å². The third-order valence-electron chi connectivity index (χ3n) is 2.90. The third kappa shape index (κ3) is 5.41. The molecule has 17 heavy (non-hydrogen) atoms. The van der Waals surface area contributed by atoms with Crippen LogP contribution in [0.4, 0.5) is 0 Å². The second kappa shape index (κ2) is 8.12. The van der Waals surface area contributed by atoms with Gasteiger partial charge in [-0.05, 0) is 24.6 Å². The van der Waals surface area contributed by atoms with Gasteiger partial charge in [-0.1, -0.05) is 66.6 Å². The first-order valence-electron chi connectivity index (χ1n) is 6.28. The zero-order chi connectivity index (χ0) is 12.7. The molecule has 1 N–H and O–H groups in total. The Balaban J connectivity index is 2.41. The molecule has 0 heterocycles. The molecule has 0 bridgehead atoms. The third-order valence-corrected chi connectivity index (χ3v) is 3.74. The predicted molar refractivity (Wildman–Crippen MR) is 77.5 cm³/mol. The van der Waals surface area contributed by atoms with Gasteiger partial charge in [-0.2, -0.15) is 0 Å². The average Bonchev–Trinajstić information content (AvgIpc) is 2.32. The van der Waals surface area contributed by atoms with E-state index in [1.807, 2.05) is 18.2 Å². The Bertz CT molecular complexity index is 341. The van der Waals surface area contributed by atoms with Crippen molar-refractivity contribution in [1.29, 1.82) is 0 Å². The molecule has 1 unspecified atom stereocenters. The molecule has 0 amide bonds. The Morgan fingerprint density at radius 1 is 1.24 bits per heavy atom. The molecule has 0 fully saturated rings. The molecule has 1 aromatic carbocycles. The summed E-state index contributed by atoms with van der Waals surface area (Å²) in [5.41, 5.74) is 0.830. The summed E-state index contributed by atoms with van der Waals surface area (Å²) >= 11 is 9.47. The van der Waals surface area contributed by atoms with Gasteiger partial charge in [0.2, 0.25) is 0 Å². The number of halogens is 2. The molecular weight excluding hydrogens is 300 g/mol. The average molecular weight is 320 g/mol. The van der Waals surface area contributed by atoms with E-state index in [0.717, 1.165) is 22.9 Å². The first-order valence-corrected chi connectivity index (χ1v) is 7.45. The van der Waals surface area contributed by atoms with E-state index in [1.54, 1.807) is 0 Å². The number of benzene rings is 1. The smallest absolute Gasteiger partial charge is 0.0804 e. The molecule has 3 heteroatoms. The van der Waals surface area contributed by atoms with Crippen LogP contribution in [0.25, 0.3) is 0 Å². The number of rotatable bonds is 7. The molecule has 0 spiro atoms. The van der Waals surface area contributed by atoms with Gasteiger partial charge in [0, 0.05) is 15.1 Å². The van der Waals surface area contributed by atoms with Crippen molar-refractivity contribution in [2.45, 2.75) is 51.6 Å². The van der Waals surface area contributed by atoms with Gasteiger partial charge < -0.3 is 5.11 Å². The summed E-state index contributed by atoms with van der Waals surface area (Å²) in [5, 5.41) is 10.7. The minimum Gasteiger partial charge on any atom is -0.388 e. The SMILES string of the molecule is CCCCCCCC(O)c1cc(Br)ccc1Cl. The Kier molecular flexibility index (Phi) is 7.17. The zero-order valence-electron chi connectivity index (χ0n) is 10.3. The van der Waals surface area contributed by atoms with Crippen LogP contribution in [-0.4, -0.2) is 5.11 Å². The highest BCUT2D eigenvalue weighted by Gasteiger charge is 2.11. The van der Waals surface area contributed by atoms with Gasteiger partial charge in [-0.25, -0.2) is 0 Å². The molecule has 0 aliphatic rings. The normalized spacial score (nSPS) is 12.7. The Hall–Kier alpha value is -0.0500. The van der Waals surface area contributed by atoms with Crippen molar-refractivity contribution in [1.82, 2.24) is 0 Å². The van der Waals surface area contributed by atoms with E-state index in [9.17, 15) is 5.11 Å². The van der Waals surface area contributed by atoms with Crippen molar-refractivity contribution >= 4 is 27.5 Å². The zero-order valence-corrected chi connectivity index (χ0v) is 12.6. The first kappa shape index (κ1) is 15.0. The fourth-order valence-corrected chi connectivity index (χ4v) is 2.49. The maximum atomic E-state index is 10.1. The van der Waals surface area contributed by atoms with Crippen molar-refractivity contribution in [2.24, 2.45) is 0 Å². The molecule has 96 valence electrons. The largest absolute Gasteiger partial charge is 0.388 e. The number of unbranched alkanes of at least 4 members (excludes halogenated alkanes) is 4. The Morgan fingerprint density at radius 3 is 2.65 bits per heavy atom. The lowest BCUT2D eigenvalue weighted by molar-refractivity contribution is 0.163. The van der Waals surface area contributed by atoms with Gasteiger partial charge in [0.15, 0.2) is 0 Å². The highest BCUT2D eigenvalue weighted by molar-refractivity contribution is 9.10. The van der Waals surface area contributed by atoms with Crippen molar-refractivity contribution in [3.8, 4) is 0 Å². The Labute approximate surface area is 117 Å². The molecule has 1 atom stereocenters. The lowest BCUT2D eigenvalue weighted by Gasteiger charge is -2.13. The summed E-state index contributed by atoms with van der Waals surface area (Å²) in [5.74, 6) is 0. The van der Waals surface area contributed by atoms with Crippen LogP contribution in [0.2, 0.25) is 5.02 Å². The van der Waals surface area contributed by atoms with E-state index in [1.165, 1.54) is 25.7 Å². The maximum Gasteiger partial charge on any atom is 0.0804 e. The Morgan fingerprint density at radius 2 is 1.94 bits per heavy atom. The molecule has 0 aliphatic carbocycles. The van der Waals surface area contributed by atoms with E-state index in [4.69, 9.17) is 11.6 Å². The molecule has 0 saturated carbocycles. The second-order valence-corrected chi connectivity index (χ2v) is 5.71. The molecule has 1 aromatic rings. The van der Waals surface area contributed by atoms with Gasteiger partial charge in [0.1, 0.15) is 0 Å². The molecule has 0 aliphatic heterocycles. The summed E-state index contributed by atoms with van der Waals surface area (Å²) in [6, 6.07) is 5.61. The van der Waals surface area contributed by atoms with E-state index in [0.29, 0.717) is 5.02 Å². The highest BCUT2D eigenvalue weighted by Crippen LogP contribution is 2.29. The van der Waals surface area contributed by atoms with Crippen molar-refractivity contribution in [3.63, 3.8) is 0 Å². The van der Waals surface area contributed by atoms with Gasteiger partial charge in [-0.15, -0.1) is 0 Å². The molecule has 1 nitrogen and oxygen atoms in total. The van der Waals surface area contributed by atoms with Crippen molar-refractivity contribution < 1.29 is 5.11 Å². The fourth-order valence-electron chi connectivity index (χ4n) is 1.87. The van der Waals surface area contributed by atoms with Crippen LogP contribution in [0.3, 0.4) is 0 Å². The van der Waals surface area contributed by atoms with E-state index < -0.39 is 6.10 Å². The molecule has 1 rings (SSSR count). The summed E-state index contributed by atoms with van der Waals surface area (Å²) in [6.07, 6.45) is 6.39. The van der Waals surface area contributed by atoms with E-state index >= 15 is 0 Å². The molecule has 0 radical (unpaired) electrons. The summed E-state index contributed by atoms with van der Waals surface area (Å²) in [4.78, 5) is 0. The van der Waals surface area contributed by atoms with Gasteiger partial charge in [0.25, 0.3) is 0 Å². The topological polar surface area (TPSA) is 20.2 Å². The lowest BCUT2D eigenvalue weighted by atomic mass is 10.0. The minimum absolute atomic E-state index is 0.443. The summed E-state index contributed by atoms with van der Waals surface area (Å²) in [7, 11) is 0.